The molecule has 0 unspecified atom stereocenters. The lowest BCUT2D eigenvalue weighted by molar-refractivity contribution is -0.0530. The number of hydrogen-bond donors (Lipinski definition) is 1. The number of ether oxygens (including phenoxy) is 1. The van der Waals surface area contributed by atoms with Gasteiger partial charge in [-0.2, -0.15) is 5.26 Å². The molecule has 2 amide bonds. The van der Waals surface area contributed by atoms with Crippen LogP contribution >= 0.6 is 11.6 Å². The van der Waals surface area contributed by atoms with Crippen LogP contribution in [-0.4, -0.2) is 36.2 Å². The Labute approximate surface area is 123 Å². The van der Waals surface area contributed by atoms with E-state index >= 15 is 0 Å². The van der Waals surface area contributed by atoms with E-state index in [-0.39, 0.29) is 18.2 Å². The van der Waals surface area contributed by atoms with Crippen LogP contribution in [0, 0.1) is 11.3 Å². The van der Waals surface area contributed by atoms with Crippen LogP contribution in [0.1, 0.15) is 19.4 Å². The van der Waals surface area contributed by atoms with Crippen LogP contribution in [-0.2, 0) is 4.74 Å². The highest BCUT2D eigenvalue weighted by Crippen LogP contribution is 2.20. The second-order valence-corrected chi connectivity index (χ2v) is 5.31. The van der Waals surface area contributed by atoms with Gasteiger partial charge in [-0.1, -0.05) is 11.6 Å². The first-order chi connectivity index (χ1) is 9.49. The molecule has 0 spiro atoms. The zero-order chi connectivity index (χ0) is 14.7. The minimum Gasteiger partial charge on any atom is -0.372 e. The second-order valence-electron chi connectivity index (χ2n) is 4.90. The lowest BCUT2D eigenvalue weighted by atomic mass is 10.2. The monoisotopic (exact) mass is 293 g/mol. The van der Waals surface area contributed by atoms with Crippen LogP contribution in [0.25, 0.3) is 0 Å². The maximum absolute atomic E-state index is 12.2. The molecule has 0 radical (unpaired) electrons. The first-order valence-electron chi connectivity index (χ1n) is 6.40. The summed E-state index contributed by atoms with van der Waals surface area (Å²) in [4.78, 5) is 13.9. The number of hydrogen-bond acceptors (Lipinski definition) is 3. The number of benzene rings is 1. The molecule has 106 valence electrons. The second kappa shape index (κ2) is 6.12. The third kappa shape index (κ3) is 3.41. The minimum atomic E-state index is -0.196. The molecule has 2 rings (SSSR count). The smallest absolute Gasteiger partial charge is 0.322 e. The van der Waals surface area contributed by atoms with Crippen molar-refractivity contribution in [1.29, 1.82) is 5.26 Å². The number of carbonyl (C=O) groups excluding carboxylic acids is 1. The molecule has 1 aromatic carbocycles. The molecule has 1 aliphatic heterocycles. The van der Waals surface area contributed by atoms with Crippen molar-refractivity contribution in [2.75, 3.05) is 18.4 Å². The van der Waals surface area contributed by atoms with Gasteiger partial charge in [-0.25, -0.2) is 4.79 Å². The topological polar surface area (TPSA) is 65.4 Å². The molecule has 20 heavy (non-hydrogen) atoms. The first-order valence-corrected chi connectivity index (χ1v) is 6.78. The number of nitrogens with zero attached hydrogens (tertiary/aromatic N) is 2. The van der Waals surface area contributed by atoms with Crippen molar-refractivity contribution in [2.45, 2.75) is 26.1 Å². The highest BCUT2D eigenvalue weighted by atomic mass is 35.5. The molecule has 1 aliphatic rings. The molecule has 1 saturated heterocycles. The maximum Gasteiger partial charge on any atom is 0.322 e. The van der Waals surface area contributed by atoms with E-state index < -0.39 is 0 Å². The van der Waals surface area contributed by atoms with Crippen LogP contribution in [0.3, 0.4) is 0 Å². The van der Waals surface area contributed by atoms with Crippen molar-refractivity contribution < 1.29 is 9.53 Å². The van der Waals surface area contributed by atoms with Crippen molar-refractivity contribution in [1.82, 2.24) is 4.90 Å². The van der Waals surface area contributed by atoms with Gasteiger partial charge in [0, 0.05) is 18.8 Å². The summed E-state index contributed by atoms with van der Waals surface area (Å²) in [7, 11) is 0. The number of rotatable bonds is 1. The Morgan fingerprint density at radius 3 is 2.70 bits per heavy atom. The Morgan fingerprint density at radius 1 is 1.45 bits per heavy atom. The average molecular weight is 294 g/mol. The van der Waals surface area contributed by atoms with Gasteiger partial charge in [-0.05, 0) is 32.0 Å². The summed E-state index contributed by atoms with van der Waals surface area (Å²) >= 11 is 5.86. The molecule has 6 heteroatoms. The molecule has 0 bridgehead atoms. The summed E-state index contributed by atoms with van der Waals surface area (Å²) in [5.74, 6) is 0. The van der Waals surface area contributed by atoms with Gasteiger partial charge >= 0.3 is 6.03 Å². The van der Waals surface area contributed by atoms with Gasteiger partial charge in [0.15, 0.2) is 0 Å². The fourth-order valence-corrected chi connectivity index (χ4v) is 2.39. The predicted molar refractivity (Wildman–Crippen MR) is 76.8 cm³/mol. The van der Waals surface area contributed by atoms with Crippen molar-refractivity contribution in [3.63, 3.8) is 0 Å². The van der Waals surface area contributed by atoms with Crippen molar-refractivity contribution in [3.8, 4) is 6.07 Å². The quantitative estimate of drug-likeness (QED) is 0.866. The van der Waals surface area contributed by atoms with E-state index in [1.54, 1.807) is 23.1 Å². The van der Waals surface area contributed by atoms with E-state index in [9.17, 15) is 4.79 Å². The Bertz CT molecular complexity index is 546. The lowest BCUT2D eigenvalue weighted by Gasteiger charge is -2.35. The van der Waals surface area contributed by atoms with Gasteiger partial charge in [0.1, 0.15) is 6.07 Å². The lowest BCUT2D eigenvalue weighted by Crippen LogP contribution is -2.49. The van der Waals surface area contributed by atoms with E-state index in [0.717, 1.165) is 0 Å². The fourth-order valence-electron chi connectivity index (χ4n) is 2.23. The number of amides is 2. The largest absolute Gasteiger partial charge is 0.372 e. The predicted octanol–water partition coefficient (Wildman–Crippen LogP) is 2.85. The van der Waals surface area contributed by atoms with Crippen LogP contribution < -0.4 is 5.32 Å². The van der Waals surface area contributed by atoms with Gasteiger partial charge in [-0.15, -0.1) is 0 Å². The molecular weight excluding hydrogens is 278 g/mol. The molecule has 2 atom stereocenters. The van der Waals surface area contributed by atoms with Crippen molar-refractivity contribution in [3.05, 3.63) is 28.8 Å². The maximum atomic E-state index is 12.2. The standard InChI is InChI=1S/C14H16ClN3O2/c1-9-7-18(8-10(2)20-9)14(19)17-12-3-4-13(15)11(5-12)6-16/h3-5,9-10H,7-8H2,1-2H3,(H,17,19)/t9-,10-/m1/s1. The molecular formula is C14H16ClN3O2. The Hall–Kier alpha value is -1.77. The molecule has 1 N–H and O–H groups in total. The summed E-state index contributed by atoms with van der Waals surface area (Å²) in [6.07, 6.45) is 0.0359. The molecule has 0 aliphatic carbocycles. The summed E-state index contributed by atoms with van der Waals surface area (Å²) in [5.41, 5.74) is 0.899. The van der Waals surface area contributed by atoms with E-state index in [1.165, 1.54) is 0 Å². The zero-order valence-electron chi connectivity index (χ0n) is 11.4. The van der Waals surface area contributed by atoms with E-state index in [1.807, 2.05) is 19.9 Å². The Kier molecular flexibility index (Phi) is 4.48. The number of morpholine rings is 1. The molecule has 0 aromatic heterocycles. The number of nitriles is 1. The number of urea groups is 1. The highest BCUT2D eigenvalue weighted by molar-refractivity contribution is 6.31. The number of nitrogens with one attached hydrogen (secondary N) is 1. The molecule has 1 aromatic rings. The molecule has 5 nitrogen and oxygen atoms in total. The van der Waals surface area contributed by atoms with Crippen LogP contribution in [0.4, 0.5) is 10.5 Å². The fraction of sp³-hybridized carbons (Fsp3) is 0.429. The van der Waals surface area contributed by atoms with Gasteiger partial charge in [-0.3, -0.25) is 0 Å². The Morgan fingerprint density at radius 2 is 2.10 bits per heavy atom. The summed E-state index contributed by atoms with van der Waals surface area (Å²) in [6, 6.07) is 6.63. The number of anilines is 1. The molecule has 0 saturated carbocycles. The third-order valence-corrected chi connectivity index (χ3v) is 3.37. The summed E-state index contributed by atoms with van der Waals surface area (Å²) in [6.45, 7) is 4.97. The first kappa shape index (κ1) is 14.6. The van der Waals surface area contributed by atoms with E-state index in [2.05, 4.69) is 5.32 Å². The van der Waals surface area contributed by atoms with Crippen LogP contribution in [0.5, 0.6) is 0 Å². The van der Waals surface area contributed by atoms with E-state index in [4.69, 9.17) is 21.6 Å². The highest BCUT2D eigenvalue weighted by Gasteiger charge is 2.25. The van der Waals surface area contributed by atoms with Gasteiger partial charge in [0.25, 0.3) is 0 Å². The van der Waals surface area contributed by atoms with Crippen LogP contribution in [0.2, 0.25) is 5.02 Å². The van der Waals surface area contributed by atoms with Crippen molar-refractivity contribution >= 4 is 23.3 Å². The molecule has 1 heterocycles. The summed E-state index contributed by atoms with van der Waals surface area (Å²) < 4.78 is 5.59. The van der Waals surface area contributed by atoms with Crippen LogP contribution in [0.15, 0.2) is 18.2 Å². The van der Waals surface area contributed by atoms with Crippen molar-refractivity contribution in [2.24, 2.45) is 0 Å². The summed E-state index contributed by atoms with van der Waals surface area (Å²) in [5, 5.41) is 12.1. The Balaban J connectivity index is 2.06. The normalized spacial score (nSPS) is 22.2. The van der Waals surface area contributed by atoms with E-state index in [0.29, 0.717) is 29.4 Å². The van der Waals surface area contributed by atoms with Gasteiger partial charge in [0.2, 0.25) is 0 Å². The van der Waals surface area contributed by atoms with Gasteiger partial charge < -0.3 is 15.0 Å². The van der Waals surface area contributed by atoms with Gasteiger partial charge in [0.05, 0.1) is 22.8 Å². The third-order valence-electron chi connectivity index (χ3n) is 3.04. The number of carbonyl (C=O) groups is 1. The molecule has 1 fully saturated rings. The zero-order valence-corrected chi connectivity index (χ0v) is 12.1. The number of halogens is 1. The SMILES string of the molecule is C[C@@H]1CN(C(=O)Nc2ccc(Cl)c(C#N)c2)C[C@@H](C)O1. The average Bonchev–Trinajstić information content (AvgIpc) is 2.39. The minimum absolute atomic E-state index is 0.0180.